The number of H-pyrrole nitrogens is 2. The molecule has 0 radical (unpaired) electrons. The third-order valence-electron chi connectivity index (χ3n) is 8.38. The molecule has 17 heteroatoms. The molecule has 0 bridgehead atoms. The molecule has 0 unspecified atom stereocenters. The maximum absolute atomic E-state index is 13.7. The molecule has 3 amide bonds. The predicted molar refractivity (Wildman–Crippen MR) is 169 cm³/mol. The summed E-state index contributed by atoms with van der Waals surface area (Å²) in [4.78, 5) is 49.3. The second-order valence-electron chi connectivity index (χ2n) is 11.6. The molecule has 3 aromatic rings. The summed E-state index contributed by atoms with van der Waals surface area (Å²) in [5.41, 5.74) is -0.0418. The average molecular weight is 695 g/mol. The molecule has 4 N–H and O–H groups in total. The summed E-state index contributed by atoms with van der Waals surface area (Å²) in [6.45, 7) is 4.16. The first kappa shape index (κ1) is 35.3. The summed E-state index contributed by atoms with van der Waals surface area (Å²) in [6, 6.07) is 4.48. The Morgan fingerprint density at radius 3 is 2.48 bits per heavy atom. The van der Waals surface area contributed by atoms with Gasteiger partial charge < -0.3 is 34.9 Å². The first-order valence-corrected chi connectivity index (χ1v) is 16.1. The topological polar surface area (TPSA) is 158 Å². The van der Waals surface area contributed by atoms with E-state index in [0.29, 0.717) is 45.1 Å². The summed E-state index contributed by atoms with van der Waals surface area (Å²) >= 11 is 6.46. The Morgan fingerprint density at radius 2 is 1.79 bits per heavy atom. The number of piperazine rings is 1. The number of hydrogen-bond acceptors (Lipinski definition) is 8. The number of rotatable bonds is 12. The minimum absolute atomic E-state index is 0.0204. The van der Waals surface area contributed by atoms with Crippen LogP contribution in [0.3, 0.4) is 0 Å². The number of carbonyl (C=O) groups is 3. The molecule has 2 aromatic heterocycles. The van der Waals surface area contributed by atoms with E-state index in [1.54, 1.807) is 4.90 Å². The number of imidazole rings is 1. The van der Waals surface area contributed by atoms with Gasteiger partial charge in [0.05, 0.1) is 30.4 Å². The Bertz CT molecular complexity index is 1580. The number of amides is 3. The van der Waals surface area contributed by atoms with Gasteiger partial charge >= 0.3 is 6.18 Å². The second-order valence-corrected chi connectivity index (χ2v) is 12.0. The van der Waals surface area contributed by atoms with Gasteiger partial charge in [-0.15, -0.1) is 0 Å². The van der Waals surface area contributed by atoms with Gasteiger partial charge in [-0.2, -0.15) is 18.3 Å². The van der Waals surface area contributed by atoms with E-state index in [4.69, 9.17) is 21.1 Å². The number of anilines is 1. The fourth-order valence-corrected chi connectivity index (χ4v) is 6.05. The molecule has 0 atom stereocenters. The van der Waals surface area contributed by atoms with Crippen molar-refractivity contribution in [2.45, 2.75) is 31.9 Å². The highest BCUT2D eigenvalue weighted by Crippen LogP contribution is 2.33. The first-order chi connectivity index (χ1) is 23.0. The van der Waals surface area contributed by atoms with Crippen LogP contribution in [0, 0.1) is 5.92 Å². The van der Waals surface area contributed by atoms with Crippen LogP contribution in [0.15, 0.2) is 24.4 Å². The van der Waals surface area contributed by atoms with Crippen LogP contribution in [0.5, 0.6) is 0 Å². The standard InChI is InChI=1S/C31H38ClF3N8O5/c1-47-14-15-48-13-6-25-23(26(41-40-25)31(33,34)35)16-21-18-37-27(38-21)28(44)39-20-2-3-22(24(32)17-20)30(46)43-11-9-42(10-12-43)29(45)19-4-7-36-8-5-19/h2-3,17-19,36H,4-16H2,1H3,(H,37,38)(H,39,44)(H,40,41). The lowest BCUT2D eigenvalue weighted by Gasteiger charge is -2.37. The van der Waals surface area contributed by atoms with E-state index >= 15 is 0 Å². The zero-order chi connectivity index (χ0) is 34.3. The first-order valence-electron chi connectivity index (χ1n) is 15.7. The quantitative estimate of drug-likeness (QED) is 0.211. The zero-order valence-corrected chi connectivity index (χ0v) is 27.2. The van der Waals surface area contributed by atoms with Crippen LogP contribution in [-0.4, -0.2) is 114 Å². The van der Waals surface area contributed by atoms with Crippen LogP contribution >= 0.6 is 11.6 Å². The van der Waals surface area contributed by atoms with Gasteiger partial charge in [-0.1, -0.05) is 11.6 Å². The van der Waals surface area contributed by atoms with E-state index in [-0.39, 0.29) is 70.5 Å². The third kappa shape index (κ3) is 8.72. The Labute approximate surface area is 279 Å². The summed E-state index contributed by atoms with van der Waals surface area (Å²) in [6.07, 6.45) is -1.80. The van der Waals surface area contributed by atoms with Crippen molar-refractivity contribution in [3.63, 3.8) is 0 Å². The number of halogens is 4. The Kier molecular flexibility index (Phi) is 11.7. The van der Waals surface area contributed by atoms with Crippen molar-refractivity contribution in [2.75, 3.05) is 71.5 Å². The lowest BCUT2D eigenvalue weighted by atomic mass is 9.96. The molecule has 4 heterocycles. The molecular formula is C31H38ClF3N8O5. The molecule has 2 fully saturated rings. The van der Waals surface area contributed by atoms with Gasteiger partial charge in [0, 0.05) is 80.9 Å². The minimum Gasteiger partial charge on any atom is -0.382 e. The SMILES string of the molecule is COCCOCCc1[nH]nc(C(F)(F)F)c1Cc1cnc(C(=O)Nc2ccc(C(=O)N3CCN(C(=O)C4CCNCC4)CC3)c(Cl)c2)[nH]1. The van der Waals surface area contributed by atoms with E-state index < -0.39 is 17.8 Å². The van der Waals surface area contributed by atoms with Crippen molar-refractivity contribution in [1.29, 1.82) is 0 Å². The van der Waals surface area contributed by atoms with E-state index in [1.165, 1.54) is 31.5 Å². The van der Waals surface area contributed by atoms with Gasteiger partial charge in [-0.3, -0.25) is 19.5 Å². The summed E-state index contributed by atoms with van der Waals surface area (Å²) in [5, 5.41) is 12.0. The van der Waals surface area contributed by atoms with E-state index in [0.717, 1.165) is 25.9 Å². The van der Waals surface area contributed by atoms with Crippen molar-refractivity contribution in [3.05, 3.63) is 63.5 Å². The van der Waals surface area contributed by atoms with Crippen LogP contribution in [0.1, 0.15) is 56.5 Å². The number of carbonyl (C=O) groups excluding carboxylic acids is 3. The minimum atomic E-state index is -4.69. The maximum Gasteiger partial charge on any atom is 0.435 e. The number of ether oxygens (including phenoxy) is 2. The Balaban J connectivity index is 1.17. The second kappa shape index (κ2) is 15.9. The number of piperidine rings is 1. The highest BCUT2D eigenvalue weighted by Gasteiger charge is 2.38. The predicted octanol–water partition coefficient (Wildman–Crippen LogP) is 3.14. The molecule has 260 valence electrons. The van der Waals surface area contributed by atoms with Crippen molar-refractivity contribution in [2.24, 2.45) is 5.92 Å². The van der Waals surface area contributed by atoms with Gasteiger partial charge in [0.1, 0.15) is 0 Å². The van der Waals surface area contributed by atoms with Crippen molar-refractivity contribution in [1.82, 2.24) is 35.3 Å². The number of alkyl halides is 3. The molecular weight excluding hydrogens is 657 g/mol. The van der Waals surface area contributed by atoms with Crippen LogP contribution in [0.25, 0.3) is 0 Å². The number of aromatic amines is 2. The van der Waals surface area contributed by atoms with Crippen molar-refractivity contribution < 1.29 is 37.0 Å². The highest BCUT2D eigenvalue weighted by molar-refractivity contribution is 6.34. The average Bonchev–Trinajstić information content (AvgIpc) is 3.72. The summed E-state index contributed by atoms with van der Waals surface area (Å²) < 4.78 is 51.3. The highest BCUT2D eigenvalue weighted by atomic mass is 35.5. The summed E-state index contributed by atoms with van der Waals surface area (Å²) in [5.74, 6) is -0.893. The van der Waals surface area contributed by atoms with Crippen molar-refractivity contribution in [3.8, 4) is 0 Å². The van der Waals surface area contributed by atoms with Gasteiger partial charge in [0.15, 0.2) is 11.5 Å². The third-order valence-corrected chi connectivity index (χ3v) is 8.70. The van der Waals surface area contributed by atoms with Crippen LogP contribution < -0.4 is 10.6 Å². The van der Waals surface area contributed by atoms with E-state index in [2.05, 4.69) is 30.8 Å². The molecule has 0 aliphatic carbocycles. The van der Waals surface area contributed by atoms with Crippen LogP contribution in [0.4, 0.5) is 18.9 Å². The zero-order valence-electron chi connectivity index (χ0n) is 26.4. The van der Waals surface area contributed by atoms with E-state index in [1.807, 2.05) is 4.90 Å². The molecule has 48 heavy (non-hydrogen) atoms. The summed E-state index contributed by atoms with van der Waals surface area (Å²) in [7, 11) is 1.52. The monoisotopic (exact) mass is 694 g/mol. The molecule has 13 nitrogen and oxygen atoms in total. The largest absolute Gasteiger partial charge is 0.435 e. The lowest BCUT2D eigenvalue weighted by molar-refractivity contribution is -0.141. The smallest absolute Gasteiger partial charge is 0.382 e. The number of methoxy groups -OCH3 is 1. The fraction of sp³-hybridized carbons (Fsp3) is 0.516. The normalized spacial score (nSPS) is 15.9. The molecule has 2 saturated heterocycles. The Morgan fingerprint density at radius 1 is 1.06 bits per heavy atom. The molecule has 1 aromatic carbocycles. The molecule has 0 saturated carbocycles. The fourth-order valence-electron chi connectivity index (χ4n) is 5.79. The van der Waals surface area contributed by atoms with Gasteiger partial charge in [0.2, 0.25) is 5.91 Å². The van der Waals surface area contributed by atoms with Gasteiger partial charge in [-0.25, -0.2) is 4.98 Å². The Hall–Kier alpha value is -3.99. The lowest BCUT2D eigenvalue weighted by Crippen LogP contribution is -2.52. The number of nitrogens with one attached hydrogen (secondary N) is 4. The van der Waals surface area contributed by atoms with Gasteiger partial charge in [-0.05, 0) is 44.1 Å². The van der Waals surface area contributed by atoms with Crippen LogP contribution in [-0.2, 0) is 33.3 Å². The number of benzene rings is 1. The number of nitrogens with zero attached hydrogens (tertiary/aromatic N) is 4. The molecule has 5 rings (SSSR count). The maximum atomic E-state index is 13.7. The van der Waals surface area contributed by atoms with Crippen molar-refractivity contribution >= 4 is 35.0 Å². The van der Waals surface area contributed by atoms with Gasteiger partial charge in [0.25, 0.3) is 11.8 Å². The molecule has 2 aliphatic rings. The van der Waals surface area contributed by atoms with E-state index in [9.17, 15) is 27.6 Å². The molecule has 2 aliphatic heterocycles. The number of aromatic nitrogens is 4. The van der Waals surface area contributed by atoms with Crippen LogP contribution in [0.2, 0.25) is 5.02 Å². The number of hydrogen-bond donors (Lipinski definition) is 4. The molecule has 0 spiro atoms.